The minimum absolute atomic E-state index is 0.574. The summed E-state index contributed by atoms with van der Waals surface area (Å²) in [5.41, 5.74) is 19.4. The topological polar surface area (TPSA) is 31.4 Å². The van der Waals surface area contributed by atoms with Crippen LogP contribution in [0.25, 0.3) is 38.2 Å². The Bertz CT molecular complexity index is 3480. The van der Waals surface area contributed by atoms with Crippen molar-refractivity contribution in [1.82, 2.24) is 0 Å². The number of hydrogen-bond acceptors (Lipinski definition) is 2. The van der Waals surface area contributed by atoms with Gasteiger partial charge in [0.1, 0.15) is 0 Å². The molecule has 0 spiro atoms. The molecule has 2 aliphatic rings. The molecule has 0 amide bonds. The maximum atomic E-state index is 9.87. The normalized spacial score (nSPS) is 14.7. The first-order valence-electron chi connectivity index (χ1n) is 22.7. The predicted molar refractivity (Wildman–Crippen MR) is 272 cm³/mol. The molecule has 0 fully saturated rings. The van der Waals surface area contributed by atoms with Gasteiger partial charge >= 0.3 is 0 Å². The highest BCUT2D eigenvalue weighted by molar-refractivity contribution is 5.95. The van der Waals surface area contributed by atoms with Gasteiger partial charge in [-0.05, 0) is 115 Å². The minimum Gasteiger partial charge on any atom is -0.310 e. The van der Waals surface area contributed by atoms with E-state index >= 15 is 0 Å². The number of anilines is 3. The Balaban J connectivity index is 1.14. The zero-order valence-electron chi connectivity index (χ0n) is 36.5. The molecule has 67 heavy (non-hydrogen) atoms. The van der Waals surface area contributed by atoms with Gasteiger partial charge in [0.25, 0.3) is 0 Å². The Morgan fingerprint density at radius 3 is 1.43 bits per heavy atom. The monoisotopic (exact) mass is 851 g/mol. The average molecular weight is 852 g/mol. The van der Waals surface area contributed by atoms with Crippen LogP contribution in [0.5, 0.6) is 0 Å². The standard InChI is InChI=1S/C64H41N3/c1-66-50-35-33-49(34-36-50)63(48-31-29-44(43-65)30-32-48)59-27-15-12-25-55(59)57-41-51(38-40-60(57)63)67(62-28-16-13-23-53(62)45-17-5-2-6-18-45)52-37-39-56-54-24-11-14-26-58(54)64(61(56)42-52,46-19-7-3-8-20-46)47-21-9-4-10-22-47/h2-42H. The molecular weight excluding hydrogens is 811 g/mol. The first-order chi connectivity index (χ1) is 33.1. The Morgan fingerprint density at radius 1 is 0.373 bits per heavy atom. The highest BCUT2D eigenvalue weighted by Crippen LogP contribution is 2.60. The molecule has 0 radical (unpaired) electrons. The second-order valence-corrected chi connectivity index (χ2v) is 17.3. The molecule has 10 aromatic carbocycles. The highest BCUT2D eigenvalue weighted by atomic mass is 15.1. The lowest BCUT2D eigenvalue weighted by molar-refractivity contribution is 0.768. The lowest BCUT2D eigenvalue weighted by atomic mass is 9.67. The SMILES string of the molecule is [C-]#[N+]c1ccc(C2(c3ccc(C#N)cc3)c3ccccc3-c3cc(N(c4ccc5c(c4)C(c4ccccc4)(c4ccccc4)c4ccccc4-5)c4ccccc4-c4ccccc4)ccc32)cc1. The van der Waals surface area contributed by atoms with Crippen LogP contribution in [0.15, 0.2) is 249 Å². The van der Waals surface area contributed by atoms with Crippen molar-refractivity contribution in [3.05, 3.63) is 310 Å². The number of fused-ring (bicyclic) bond motifs is 6. The van der Waals surface area contributed by atoms with Crippen LogP contribution in [0.2, 0.25) is 0 Å². The molecule has 1 unspecified atom stereocenters. The molecule has 0 N–H and O–H groups in total. The Labute approximate surface area is 391 Å². The van der Waals surface area contributed by atoms with Gasteiger partial charge < -0.3 is 4.90 Å². The third-order valence-corrected chi connectivity index (χ3v) is 14.1. The van der Waals surface area contributed by atoms with Crippen LogP contribution in [0, 0.1) is 17.9 Å². The molecule has 312 valence electrons. The van der Waals surface area contributed by atoms with E-state index in [1.807, 2.05) is 24.3 Å². The van der Waals surface area contributed by atoms with E-state index in [4.69, 9.17) is 6.57 Å². The van der Waals surface area contributed by atoms with Gasteiger partial charge in [-0.3, -0.25) is 0 Å². The van der Waals surface area contributed by atoms with Crippen molar-refractivity contribution in [1.29, 1.82) is 5.26 Å². The molecule has 2 aliphatic carbocycles. The molecule has 3 nitrogen and oxygen atoms in total. The number of benzene rings is 10. The fourth-order valence-electron chi connectivity index (χ4n) is 11.3. The first-order valence-corrected chi connectivity index (χ1v) is 22.7. The van der Waals surface area contributed by atoms with E-state index in [0.717, 1.165) is 61.6 Å². The summed E-state index contributed by atoms with van der Waals surface area (Å²) >= 11 is 0. The van der Waals surface area contributed by atoms with Crippen LogP contribution in [0.4, 0.5) is 22.7 Å². The molecule has 0 saturated carbocycles. The van der Waals surface area contributed by atoms with Crippen LogP contribution in [0.3, 0.4) is 0 Å². The Kier molecular flexibility index (Phi) is 9.39. The molecule has 1 atom stereocenters. The first kappa shape index (κ1) is 39.6. The van der Waals surface area contributed by atoms with Crippen LogP contribution in [0.1, 0.15) is 50.1 Å². The lowest BCUT2D eigenvalue weighted by Crippen LogP contribution is -2.29. The van der Waals surface area contributed by atoms with Crippen LogP contribution >= 0.6 is 0 Å². The van der Waals surface area contributed by atoms with Gasteiger partial charge in [0.2, 0.25) is 0 Å². The predicted octanol–water partition coefficient (Wildman–Crippen LogP) is 16.0. The fraction of sp³-hybridized carbons (Fsp3) is 0.0312. The van der Waals surface area contributed by atoms with Crippen molar-refractivity contribution in [2.24, 2.45) is 0 Å². The second-order valence-electron chi connectivity index (χ2n) is 17.3. The Hall–Kier alpha value is -9.02. The molecule has 0 aliphatic heterocycles. The van der Waals surface area contributed by atoms with Crippen molar-refractivity contribution in [2.45, 2.75) is 10.8 Å². The number of hydrogen-bond donors (Lipinski definition) is 0. The molecule has 12 rings (SSSR count). The van der Waals surface area contributed by atoms with Crippen molar-refractivity contribution in [3.63, 3.8) is 0 Å². The van der Waals surface area contributed by atoms with Gasteiger partial charge in [-0.2, -0.15) is 5.26 Å². The van der Waals surface area contributed by atoms with Gasteiger partial charge in [0, 0.05) is 16.9 Å². The third kappa shape index (κ3) is 5.96. The summed E-state index contributed by atoms with van der Waals surface area (Å²) in [7, 11) is 0. The molecule has 0 aromatic heterocycles. The van der Waals surface area contributed by atoms with Crippen LogP contribution < -0.4 is 4.90 Å². The Morgan fingerprint density at radius 2 is 0.821 bits per heavy atom. The van der Waals surface area contributed by atoms with Crippen molar-refractivity contribution < 1.29 is 0 Å². The maximum Gasteiger partial charge on any atom is 0.187 e. The van der Waals surface area contributed by atoms with E-state index in [-0.39, 0.29) is 0 Å². The molecule has 3 heteroatoms. The van der Waals surface area contributed by atoms with Gasteiger partial charge in [-0.25, -0.2) is 4.85 Å². The number of para-hydroxylation sites is 1. The van der Waals surface area contributed by atoms with E-state index in [2.05, 4.69) is 240 Å². The summed E-state index contributed by atoms with van der Waals surface area (Å²) in [6.07, 6.45) is 0. The molecule has 0 bridgehead atoms. The number of nitrogens with zero attached hydrogens (tertiary/aromatic N) is 3. The highest BCUT2D eigenvalue weighted by Gasteiger charge is 2.48. The third-order valence-electron chi connectivity index (χ3n) is 14.1. The van der Waals surface area contributed by atoms with E-state index in [9.17, 15) is 5.26 Å². The van der Waals surface area contributed by atoms with Crippen LogP contribution in [-0.4, -0.2) is 0 Å². The summed E-state index contributed by atoms with van der Waals surface area (Å²) in [6.45, 7) is 7.76. The van der Waals surface area contributed by atoms with E-state index in [1.165, 1.54) is 33.4 Å². The molecule has 0 saturated heterocycles. The summed E-state index contributed by atoms with van der Waals surface area (Å²) in [5.74, 6) is 0. The molecular formula is C64H41N3. The quantitative estimate of drug-likeness (QED) is 0.143. The van der Waals surface area contributed by atoms with E-state index in [0.29, 0.717) is 11.3 Å². The maximum absolute atomic E-state index is 9.87. The summed E-state index contributed by atoms with van der Waals surface area (Å²) < 4.78 is 0. The average Bonchev–Trinajstić information content (AvgIpc) is 3.87. The number of rotatable bonds is 8. The summed E-state index contributed by atoms with van der Waals surface area (Å²) in [4.78, 5) is 6.19. The zero-order valence-corrected chi connectivity index (χ0v) is 36.5. The minimum atomic E-state index is -0.712. The van der Waals surface area contributed by atoms with E-state index < -0.39 is 10.8 Å². The van der Waals surface area contributed by atoms with Gasteiger partial charge in [0.05, 0.1) is 34.7 Å². The summed E-state index contributed by atoms with van der Waals surface area (Å²) in [6, 6.07) is 91.4. The van der Waals surface area contributed by atoms with Crippen molar-refractivity contribution in [3.8, 4) is 39.4 Å². The molecule has 0 heterocycles. The number of nitriles is 1. The largest absolute Gasteiger partial charge is 0.310 e. The van der Waals surface area contributed by atoms with Gasteiger partial charge in [-0.1, -0.05) is 206 Å². The van der Waals surface area contributed by atoms with Crippen molar-refractivity contribution >= 4 is 22.7 Å². The van der Waals surface area contributed by atoms with E-state index in [1.54, 1.807) is 0 Å². The van der Waals surface area contributed by atoms with Crippen LogP contribution in [-0.2, 0) is 10.8 Å². The van der Waals surface area contributed by atoms with Gasteiger partial charge in [0.15, 0.2) is 5.69 Å². The second kappa shape index (κ2) is 15.9. The fourth-order valence-corrected chi connectivity index (χ4v) is 11.3. The van der Waals surface area contributed by atoms with Crippen molar-refractivity contribution in [2.75, 3.05) is 4.90 Å². The molecule has 10 aromatic rings. The summed E-state index contributed by atoms with van der Waals surface area (Å²) in [5, 5.41) is 9.87. The lowest BCUT2D eigenvalue weighted by Gasteiger charge is -2.35. The van der Waals surface area contributed by atoms with Gasteiger partial charge in [-0.15, -0.1) is 0 Å². The smallest absolute Gasteiger partial charge is 0.187 e. The zero-order chi connectivity index (χ0) is 45.0.